The third kappa shape index (κ3) is 4.92. The van der Waals surface area contributed by atoms with Gasteiger partial charge < -0.3 is 14.8 Å². The molecule has 3 nitrogen and oxygen atoms in total. The van der Waals surface area contributed by atoms with Crippen LogP contribution in [0.1, 0.15) is 0 Å². The van der Waals surface area contributed by atoms with Crippen LogP contribution in [-0.4, -0.2) is 33.5 Å². The number of hydrogen-bond acceptors (Lipinski definition) is 3. The lowest BCUT2D eigenvalue weighted by molar-refractivity contribution is 0.0759. The van der Waals surface area contributed by atoms with Crippen molar-refractivity contribution < 1.29 is 13.9 Å². The van der Waals surface area contributed by atoms with Gasteiger partial charge in [-0.1, -0.05) is 0 Å². The Morgan fingerprint density at radius 3 is 2.81 bits per heavy atom. The summed E-state index contributed by atoms with van der Waals surface area (Å²) in [4.78, 5) is 0. The van der Waals surface area contributed by atoms with Gasteiger partial charge in [-0.15, -0.1) is 0 Å². The summed E-state index contributed by atoms with van der Waals surface area (Å²) in [6.07, 6.45) is 0. The molecule has 0 aliphatic carbocycles. The van der Waals surface area contributed by atoms with Crippen LogP contribution in [0.5, 0.6) is 0 Å². The Balaban J connectivity index is 2.21. The lowest BCUT2D eigenvalue weighted by atomic mass is 10.3. The summed E-state index contributed by atoms with van der Waals surface area (Å²) in [5.74, 6) is -0.256. The highest BCUT2D eigenvalue weighted by Gasteiger charge is 2.00. The van der Waals surface area contributed by atoms with Gasteiger partial charge in [0.05, 0.1) is 19.8 Å². The number of methoxy groups -OCH3 is 1. The Hall–Kier alpha value is -0.650. The van der Waals surface area contributed by atoms with Crippen LogP contribution in [0.4, 0.5) is 10.1 Å². The van der Waals surface area contributed by atoms with Crippen LogP contribution in [0.2, 0.25) is 0 Å². The van der Waals surface area contributed by atoms with Crippen molar-refractivity contribution in [3.8, 4) is 0 Å². The fraction of sp³-hybridized carbons (Fsp3) is 0.455. The Morgan fingerprint density at radius 2 is 2.12 bits per heavy atom. The Morgan fingerprint density at radius 1 is 1.31 bits per heavy atom. The molecule has 16 heavy (non-hydrogen) atoms. The molecule has 0 radical (unpaired) electrons. The molecule has 0 bridgehead atoms. The van der Waals surface area contributed by atoms with Gasteiger partial charge in [0, 0.05) is 23.8 Å². The first-order chi connectivity index (χ1) is 7.74. The molecular weight excluding hydrogens is 277 g/mol. The van der Waals surface area contributed by atoms with Crippen LogP contribution in [0.3, 0.4) is 0 Å². The zero-order valence-corrected chi connectivity index (χ0v) is 10.7. The summed E-state index contributed by atoms with van der Waals surface area (Å²) in [5, 5.41) is 3.14. The molecule has 0 heterocycles. The predicted octanol–water partition coefficient (Wildman–Crippen LogP) is 2.66. The summed E-state index contributed by atoms with van der Waals surface area (Å²) in [5.41, 5.74) is 0.858. The first kappa shape index (κ1) is 13.4. The van der Waals surface area contributed by atoms with E-state index < -0.39 is 0 Å². The van der Waals surface area contributed by atoms with Gasteiger partial charge >= 0.3 is 0 Å². The third-order valence-corrected chi connectivity index (χ3v) is 2.58. The second-order valence-electron chi connectivity index (χ2n) is 3.16. The highest BCUT2D eigenvalue weighted by molar-refractivity contribution is 9.10. The number of halogens is 2. The number of hydrogen-bond donors (Lipinski definition) is 1. The molecule has 1 aromatic rings. The monoisotopic (exact) mass is 291 g/mol. The summed E-state index contributed by atoms with van der Waals surface area (Å²) >= 11 is 3.28. The molecule has 1 rings (SSSR count). The molecule has 1 aromatic carbocycles. The lowest BCUT2D eigenvalue weighted by Gasteiger charge is -2.08. The lowest BCUT2D eigenvalue weighted by Crippen LogP contribution is -2.12. The van der Waals surface area contributed by atoms with Gasteiger partial charge in [-0.2, -0.15) is 0 Å². The summed E-state index contributed by atoms with van der Waals surface area (Å²) in [6, 6.07) is 4.53. The van der Waals surface area contributed by atoms with E-state index in [0.717, 1.165) is 5.69 Å². The molecule has 0 saturated heterocycles. The maximum atomic E-state index is 12.8. The Bertz CT molecular complexity index is 323. The number of anilines is 1. The molecule has 90 valence electrons. The van der Waals surface area contributed by atoms with E-state index in [0.29, 0.717) is 30.8 Å². The number of nitrogens with one attached hydrogen (secondary N) is 1. The maximum Gasteiger partial charge on any atom is 0.124 e. The first-order valence-electron chi connectivity index (χ1n) is 4.99. The highest BCUT2D eigenvalue weighted by Crippen LogP contribution is 2.22. The van der Waals surface area contributed by atoms with Crippen molar-refractivity contribution in [3.63, 3.8) is 0 Å². The summed E-state index contributed by atoms with van der Waals surface area (Å²) in [7, 11) is 1.64. The second-order valence-corrected chi connectivity index (χ2v) is 4.01. The molecule has 0 aliphatic rings. The van der Waals surface area contributed by atoms with Gasteiger partial charge in [0.15, 0.2) is 0 Å². The number of ether oxygens (including phenoxy) is 2. The van der Waals surface area contributed by atoms with Crippen LogP contribution >= 0.6 is 15.9 Å². The SMILES string of the molecule is COCCOCCNc1ccc(F)cc1Br. The van der Waals surface area contributed by atoms with Gasteiger partial charge in [0.2, 0.25) is 0 Å². The van der Waals surface area contributed by atoms with Gasteiger partial charge in [-0.25, -0.2) is 4.39 Å². The van der Waals surface area contributed by atoms with Crippen LogP contribution < -0.4 is 5.32 Å². The second kappa shape index (κ2) is 7.60. The van der Waals surface area contributed by atoms with Crippen LogP contribution in [0.25, 0.3) is 0 Å². The zero-order valence-electron chi connectivity index (χ0n) is 9.13. The van der Waals surface area contributed by atoms with Crippen molar-refractivity contribution >= 4 is 21.6 Å². The van der Waals surface area contributed by atoms with Gasteiger partial charge in [-0.05, 0) is 34.1 Å². The standard InChI is InChI=1S/C11H15BrFNO2/c1-15-6-7-16-5-4-14-11-3-2-9(13)8-10(11)12/h2-3,8,14H,4-7H2,1H3. The number of rotatable bonds is 7. The predicted molar refractivity (Wildman–Crippen MR) is 65.3 cm³/mol. The molecule has 0 unspecified atom stereocenters. The van der Waals surface area contributed by atoms with E-state index in [-0.39, 0.29) is 5.82 Å². The number of benzene rings is 1. The quantitative estimate of drug-likeness (QED) is 0.784. The minimum atomic E-state index is -0.256. The van der Waals surface area contributed by atoms with E-state index in [9.17, 15) is 4.39 Å². The van der Waals surface area contributed by atoms with Crippen molar-refractivity contribution in [1.82, 2.24) is 0 Å². The molecule has 0 fully saturated rings. The molecular formula is C11H15BrFNO2. The van der Waals surface area contributed by atoms with Crippen molar-refractivity contribution in [2.45, 2.75) is 0 Å². The zero-order chi connectivity index (χ0) is 11.8. The molecule has 5 heteroatoms. The highest BCUT2D eigenvalue weighted by atomic mass is 79.9. The van der Waals surface area contributed by atoms with Crippen LogP contribution in [0.15, 0.2) is 22.7 Å². The molecule has 0 aromatic heterocycles. The van der Waals surface area contributed by atoms with E-state index >= 15 is 0 Å². The Kier molecular flexibility index (Phi) is 6.37. The van der Waals surface area contributed by atoms with Gasteiger partial charge in [-0.3, -0.25) is 0 Å². The van der Waals surface area contributed by atoms with Crippen LogP contribution in [-0.2, 0) is 9.47 Å². The van der Waals surface area contributed by atoms with Crippen molar-refractivity contribution in [3.05, 3.63) is 28.5 Å². The molecule has 0 saturated carbocycles. The smallest absolute Gasteiger partial charge is 0.124 e. The van der Waals surface area contributed by atoms with Crippen molar-refractivity contribution in [2.24, 2.45) is 0 Å². The molecule has 1 N–H and O–H groups in total. The van der Waals surface area contributed by atoms with Crippen molar-refractivity contribution in [1.29, 1.82) is 0 Å². The molecule has 0 aliphatic heterocycles. The largest absolute Gasteiger partial charge is 0.382 e. The van der Waals surface area contributed by atoms with E-state index in [4.69, 9.17) is 9.47 Å². The normalized spacial score (nSPS) is 10.4. The minimum Gasteiger partial charge on any atom is -0.382 e. The molecule has 0 atom stereocenters. The maximum absolute atomic E-state index is 12.8. The van der Waals surface area contributed by atoms with E-state index in [1.165, 1.54) is 12.1 Å². The average Bonchev–Trinajstić information content (AvgIpc) is 2.26. The van der Waals surface area contributed by atoms with E-state index in [2.05, 4.69) is 21.2 Å². The fourth-order valence-electron chi connectivity index (χ4n) is 1.14. The van der Waals surface area contributed by atoms with Crippen LogP contribution in [0, 0.1) is 5.82 Å². The molecule has 0 spiro atoms. The van der Waals surface area contributed by atoms with E-state index in [1.807, 2.05) is 0 Å². The van der Waals surface area contributed by atoms with Gasteiger partial charge in [0.1, 0.15) is 5.82 Å². The summed E-state index contributed by atoms with van der Waals surface area (Å²) in [6.45, 7) is 2.45. The summed E-state index contributed by atoms with van der Waals surface area (Å²) < 4.78 is 23.6. The third-order valence-electron chi connectivity index (χ3n) is 1.92. The van der Waals surface area contributed by atoms with E-state index in [1.54, 1.807) is 13.2 Å². The topological polar surface area (TPSA) is 30.5 Å². The Labute approximate surface area is 103 Å². The average molecular weight is 292 g/mol. The fourth-order valence-corrected chi connectivity index (χ4v) is 1.63. The van der Waals surface area contributed by atoms with Gasteiger partial charge in [0.25, 0.3) is 0 Å². The van der Waals surface area contributed by atoms with Crippen molar-refractivity contribution in [2.75, 3.05) is 38.8 Å². The molecule has 0 amide bonds. The first-order valence-corrected chi connectivity index (χ1v) is 5.79. The minimum absolute atomic E-state index is 0.256.